The molecule has 0 heterocycles. The average Bonchev–Trinajstić information content (AvgIpc) is 2.38. The molecule has 2 N–H and O–H groups in total. The molecule has 1 amide bonds. The quantitative estimate of drug-likeness (QED) is 0.795. The largest absolute Gasteiger partial charge is 0.493 e. The Labute approximate surface area is 113 Å². The van der Waals surface area contributed by atoms with Gasteiger partial charge < -0.3 is 15.4 Å². The number of amides is 1. The van der Waals surface area contributed by atoms with Gasteiger partial charge in [0.1, 0.15) is 11.6 Å². The molecule has 0 saturated carbocycles. The van der Waals surface area contributed by atoms with Gasteiger partial charge in [-0.1, -0.05) is 13.0 Å². The van der Waals surface area contributed by atoms with Crippen molar-refractivity contribution in [2.45, 2.75) is 26.3 Å². The first-order valence-electron chi connectivity index (χ1n) is 6.44. The molecule has 0 saturated heterocycles. The van der Waals surface area contributed by atoms with Gasteiger partial charge in [-0.3, -0.25) is 4.79 Å². The fraction of sp³-hybridized carbons (Fsp3) is 0.500. The van der Waals surface area contributed by atoms with Gasteiger partial charge in [0, 0.05) is 24.7 Å². The van der Waals surface area contributed by atoms with Gasteiger partial charge in [0.2, 0.25) is 5.91 Å². The van der Waals surface area contributed by atoms with Crippen molar-refractivity contribution in [3.05, 3.63) is 29.6 Å². The molecule has 1 unspecified atom stereocenters. The number of ether oxygens (including phenoxy) is 1. The van der Waals surface area contributed by atoms with Crippen LogP contribution in [0.25, 0.3) is 0 Å². The predicted molar refractivity (Wildman–Crippen MR) is 72.7 cm³/mol. The second-order valence-electron chi connectivity index (χ2n) is 4.23. The zero-order valence-electron chi connectivity index (χ0n) is 11.6. The lowest BCUT2D eigenvalue weighted by Crippen LogP contribution is -2.21. The molecule has 1 rings (SSSR count). The van der Waals surface area contributed by atoms with Crippen molar-refractivity contribution >= 4 is 5.91 Å². The lowest BCUT2D eigenvalue weighted by molar-refractivity contribution is -0.121. The van der Waals surface area contributed by atoms with E-state index in [1.807, 2.05) is 13.8 Å². The summed E-state index contributed by atoms with van der Waals surface area (Å²) in [4.78, 5) is 11.1. The van der Waals surface area contributed by atoms with Crippen molar-refractivity contribution in [2.75, 3.05) is 20.2 Å². The summed E-state index contributed by atoms with van der Waals surface area (Å²) in [7, 11) is 1.57. The Bertz CT molecular complexity index is 424. The van der Waals surface area contributed by atoms with Gasteiger partial charge in [0.25, 0.3) is 0 Å². The van der Waals surface area contributed by atoms with Crippen LogP contribution < -0.4 is 15.4 Å². The van der Waals surface area contributed by atoms with Crippen LogP contribution in [-0.4, -0.2) is 26.1 Å². The predicted octanol–water partition coefficient (Wildman–Crippen LogP) is 2.01. The summed E-state index contributed by atoms with van der Waals surface area (Å²) in [6.07, 6.45) is 0.252. The second-order valence-corrected chi connectivity index (χ2v) is 4.23. The van der Waals surface area contributed by atoms with Gasteiger partial charge in [-0.05, 0) is 19.5 Å². The van der Waals surface area contributed by atoms with Crippen LogP contribution in [0.15, 0.2) is 18.2 Å². The maximum atomic E-state index is 13.3. The van der Waals surface area contributed by atoms with Crippen LogP contribution in [0.1, 0.15) is 31.9 Å². The number of hydrogen-bond donors (Lipinski definition) is 2. The molecule has 1 aromatic carbocycles. The van der Waals surface area contributed by atoms with Crippen LogP contribution in [0.2, 0.25) is 0 Å². The van der Waals surface area contributed by atoms with E-state index in [0.29, 0.717) is 5.75 Å². The summed E-state index contributed by atoms with van der Waals surface area (Å²) in [6, 6.07) is 4.54. The van der Waals surface area contributed by atoms with Crippen molar-refractivity contribution in [2.24, 2.45) is 0 Å². The first-order valence-corrected chi connectivity index (χ1v) is 6.44. The van der Waals surface area contributed by atoms with E-state index in [1.54, 1.807) is 13.1 Å². The average molecular weight is 268 g/mol. The highest BCUT2D eigenvalue weighted by molar-refractivity contribution is 5.75. The highest BCUT2D eigenvalue weighted by Crippen LogP contribution is 2.26. The number of rotatable bonds is 7. The van der Waals surface area contributed by atoms with Crippen LogP contribution >= 0.6 is 0 Å². The van der Waals surface area contributed by atoms with Crippen molar-refractivity contribution < 1.29 is 13.9 Å². The van der Waals surface area contributed by atoms with E-state index in [-0.39, 0.29) is 30.8 Å². The Balaban J connectivity index is 2.73. The Morgan fingerprint density at radius 1 is 1.47 bits per heavy atom. The minimum Gasteiger partial charge on any atom is -0.493 e. The SMILES string of the molecule is CCNC(C)c1ccc(F)cc1OCCC(=O)NC. The van der Waals surface area contributed by atoms with Crippen LogP contribution in [0, 0.1) is 5.82 Å². The lowest BCUT2D eigenvalue weighted by atomic mass is 10.1. The molecule has 19 heavy (non-hydrogen) atoms. The number of carbonyl (C=O) groups is 1. The summed E-state index contributed by atoms with van der Waals surface area (Å²) in [5, 5.41) is 5.77. The molecule has 0 fully saturated rings. The maximum Gasteiger partial charge on any atom is 0.223 e. The second kappa shape index (κ2) is 7.74. The first kappa shape index (κ1) is 15.4. The number of carbonyl (C=O) groups excluding carboxylic acids is 1. The number of halogens is 1. The van der Waals surface area contributed by atoms with Crippen LogP contribution in [-0.2, 0) is 4.79 Å². The van der Waals surface area contributed by atoms with E-state index in [2.05, 4.69) is 10.6 Å². The molecule has 1 atom stereocenters. The molecule has 0 spiro atoms. The van der Waals surface area contributed by atoms with E-state index < -0.39 is 0 Å². The molecule has 5 heteroatoms. The molecule has 0 bridgehead atoms. The third-order valence-electron chi connectivity index (χ3n) is 2.82. The molecule has 0 aliphatic rings. The van der Waals surface area contributed by atoms with E-state index >= 15 is 0 Å². The van der Waals surface area contributed by atoms with Crippen molar-refractivity contribution in [3.8, 4) is 5.75 Å². The molecular weight excluding hydrogens is 247 g/mol. The van der Waals surface area contributed by atoms with Gasteiger partial charge in [0.05, 0.1) is 13.0 Å². The van der Waals surface area contributed by atoms with Gasteiger partial charge in [0.15, 0.2) is 0 Å². The highest BCUT2D eigenvalue weighted by Gasteiger charge is 2.12. The summed E-state index contributed by atoms with van der Waals surface area (Å²) < 4.78 is 18.8. The van der Waals surface area contributed by atoms with E-state index in [4.69, 9.17) is 4.74 Å². The zero-order valence-corrected chi connectivity index (χ0v) is 11.6. The normalized spacial score (nSPS) is 12.0. The minimum atomic E-state index is -0.345. The maximum absolute atomic E-state index is 13.3. The Kier molecular flexibility index (Phi) is 6.29. The van der Waals surface area contributed by atoms with Gasteiger partial charge >= 0.3 is 0 Å². The summed E-state index contributed by atoms with van der Waals surface area (Å²) in [6.45, 7) is 5.04. The van der Waals surface area contributed by atoms with Gasteiger partial charge in [-0.25, -0.2) is 4.39 Å². The Morgan fingerprint density at radius 2 is 2.21 bits per heavy atom. The first-order chi connectivity index (χ1) is 9.08. The number of nitrogens with one attached hydrogen (secondary N) is 2. The summed E-state index contributed by atoms with van der Waals surface area (Å²) in [5.74, 6) is 0.0393. The smallest absolute Gasteiger partial charge is 0.223 e. The van der Waals surface area contributed by atoms with E-state index in [0.717, 1.165) is 12.1 Å². The minimum absolute atomic E-state index is 0.0700. The summed E-state index contributed by atoms with van der Waals surface area (Å²) >= 11 is 0. The topological polar surface area (TPSA) is 50.4 Å². The molecule has 0 aliphatic carbocycles. The fourth-order valence-electron chi connectivity index (χ4n) is 1.79. The molecular formula is C14H21FN2O2. The van der Waals surface area contributed by atoms with Crippen LogP contribution in [0.3, 0.4) is 0 Å². The van der Waals surface area contributed by atoms with Crippen LogP contribution in [0.5, 0.6) is 5.75 Å². The number of benzene rings is 1. The Hall–Kier alpha value is -1.62. The van der Waals surface area contributed by atoms with Crippen LogP contribution in [0.4, 0.5) is 4.39 Å². The fourth-order valence-corrected chi connectivity index (χ4v) is 1.79. The molecule has 106 valence electrons. The third-order valence-corrected chi connectivity index (χ3v) is 2.82. The molecule has 1 aromatic rings. The highest BCUT2D eigenvalue weighted by atomic mass is 19.1. The monoisotopic (exact) mass is 268 g/mol. The molecule has 0 aromatic heterocycles. The summed E-state index contributed by atoms with van der Waals surface area (Å²) in [5.41, 5.74) is 0.889. The van der Waals surface area contributed by atoms with E-state index in [9.17, 15) is 9.18 Å². The zero-order chi connectivity index (χ0) is 14.3. The lowest BCUT2D eigenvalue weighted by Gasteiger charge is -2.17. The standard InChI is InChI=1S/C14H21FN2O2/c1-4-17-10(2)12-6-5-11(15)9-13(12)19-8-7-14(18)16-3/h5-6,9-10,17H,4,7-8H2,1-3H3,(H,16,18). The Morgan fingerprint density at radius 3 is 2.84 bits per heavy atom. The molecule has 0 radical (unpaired) electrons. The number of hydrogen-bond acceptors (Lipinski definition) is 3. The third kappa shape index (κ3) is 4.87. The van der Waals surface area contributed by atoms with Crippen molar-refractivity contribution in [1.29, 1.82) is 0 Å². The van der Waals surface area contributed by atoms with E-state index in [1.165, 1.54) is 12.1 Å². The van der Waals surface area contributed by atoms with Gasteiger partial charge in [-0.15, -0.1) is 0 Å². The molecule has 0 aliphatic heterocycles. The van der Waals surface area contributed by atoms with Crippen molar-refractivity contribution in [3.63, 3.8) is 0 Å². The van der Waals surface area contributed by atoms with Gasteiger partial charge in [-0.2, -0.15) is 0 Å². The molecule has 4 nitrogen and oxygen atoms in total. The van der Waals surface area contributed by atoms with Crippen molar-refractivity contribution in [1.82, 2.24) is 10.6 Å².